The van der Waals surface area contributed by atoms with Gasteiger partial charge in [0.2, 0.25) is 0 Å². The van der Waals surface area contributed by atoms with Gasteiger partial charge in [0.05, 0.1) is 6.10 Å². The van der Waals surface area contributed by atoms with Crippen LogP contribution in [0.3, 0.4) is 0 Å². The number of aldehydes is 1. The van der Waals surface area contributed by atoms with E-state index < -0.39 is 24.1 Å². The molecule has 1 heterocycles. The van der Waals surface area contributed by atoms with Gasteiger partial charge in [-0.1, -0.05) is 13.0 Å². The maximum atomic E-state index is 11.0. The summed E-state index contributed by atoms with van der Waals surface area (Å²) in [6.45, 7) is 4.40. The molecule has 0 amide bonds. The largest absolute Gasteiger partial charge is 0.463 e. The molecule has 0 radical (unpaired) electrons. The van der Waals surface area contributed by atoms with Gasteiger partial charge in [-0.2, -0.15) is 0 Å². The highest BCUT2D eigenvalue weighted by Gasteiger charge is 2.31. The zero-order valence-electron chi connectivity index (χ0n) is 11.9. The molecule has 0 fully saturated rings. The fourth-order valence-electron chi connectivity index (χ4n) is 1.90. The minimum Gasteiger partial charge on any atom is -0.463 e. The van der Waals surface area contributed by atoms with Crippen LogP contribution < -0.4 is 0 Å². The molecular formula is C14H20O6. The molecule has 20 heavy (non-hydrogen) atoms. The molecule has 0 saturated heterocycles. The number of carbonyl (C=O) groups excluding carboxylic acids is 3. The molecule has 0 N–H and O–H groups in total. The third-order valence-corrected chi connectivity index (χ3v) is 2.82. The number of esters is 2. The van der Waals surface area contributed by atoms with Crippen molar-refractivity contribution in [3.63, 3.8) is 0 Å². The van der Waals surface area contributed by atoms with Crippen molar-refractivity contribution in [1.29, 1.82) is 0 Å². The number of hydrogen-bond acceptors (Lipinski definition) is 6. The number of carbonyl (C=O) groups is 3. The zero-order chi connectivity index (χ0) is 15.1. The van der Waals surface area contributed by atoms with Crippen molar-refractivity contribution < 1.29 is 28.6 Å². The SMILES string of the molecule is CC(=O)OC[C@H]1O[C@H](C[C@@H](C)C=O)C=C[C@@H]1OC(C)=O. The summed E-state index contributed by atoms with van der Waals surface area (Å²) in [5, 5.41) is 0. The summed E-state index contributed by atoms with van der Waals surface area (Å²) in [4.78, 5) is 32.6. The smallest absolute Gasteiger partial charge is 0.303 e. The van der Waals surface area contributed by atoms with Crippen LogP contribution in [0, 0.1) is 5.92 Å². The van der Waals surface area contributed by atoms with Crippen LogP contribution in [0.5, 0.6) is 0 Å². The van der Waals surface area contributed by atoms with Crippen LogP contribution in [-0.2, 0) is 28.6 Å². The molecule has 6 heteroatoms. The first-order chi connectivity index (χ1) is 9.42. The van der Waals surface area contributed by atoms with E-state index >= 15 is 0 Å². The normalized spacial score (nSPS) is 26.6. The van der Waals surface area contributed by atoms with Crippen LogP contribution in [0.15, 0.2) is 12.2 Å². The predicted molar refractivity (Wildman–Crippen MR) is 69.8 cm³/mol. The van der Waals surface area contributed by atoms with E-state index in [0.717, 1.165) is 6.29 Å². The van der Waals surface area contributed by atoms with Gasteiger partial charge in [-0.15, -0.1) is 0 Å². The van der Waals surface area contributed by atoms with Gasteiger partial charge in [-0.25, -0.2) is 0 Å². The molecule has 6 nitrogen and oxygen atoms in total. The van der Waals surface area contributed by atoms with Crippen molar-refractivity contribution in [3.8, 4) is 0 Å². The Hall–Kier alpha value is -1.69. The second-order valence-corrected chi connectivity index (χ2v) is 4.82. The van der Waals surface area contributed by atoms with Gasteiger partial charge in [0, 0.05) is 19.8 Å². The summed E-state index contributed by atoms with van der Waals surface area (Å²) in [7, 11) is 0. The molecule has 4 atom stereocenters. The van der Waals surface area contributed by atoms with Crippen LogP contribution in [0.2, 0.25) is 0 Å². The minimum atomic E-state index is -0.588. The Bertz CT molecular complexity index is 389. The lowest BCUT2D eigenvalue weighted by Crippen LogP contribution is -2.41. The van der Waals surface area contributed by atoms with Gasteiger partial charge in [-0.05, 0) is 12.5 Å². The molecule has 0 aliphatic carbocycles. The molecule has 0 aromatic heterocycles. The highest BCUT2D eigenvalue weighted by Crippen LogP contribution is 2.21. The Morgan fingerprint density at radius 1 is 1.30 bits per heavy atom. The molecule has 0 bridgehead atoms. The molecule has 0 aromatic rings. The predicted octanol–water partition coefficient (Wildman–Crippen LogP) is 1.03. The Kier molecular flexibility index (Phi) is 6.38. The fraction of sp³-hybridized carbons (Fsp3) is 0.643. The van der Waals surface area contributed by atoms with E-state index in [2.05, 4.69) is 0 Å². The number of hydrogen-bond donors (Lipinski definition) is 0. The van der Waals surface area contributed by atoms with Crippen LogP contribution in [0.1, 0.15) is 27.2 Å². The van der Waals surface area contributed by atoms with E-state index in [1.54, 1.807) is 19.1 Å². The highest BCUT2D eigenvalue weighted by atomic mass is 16.6. The first kappa shape index (κ1) is 16.4. The topological polar surface area (TPSA) is 78.9 Å². The van der Waals surface area contributed by atoms with E-state index in [-0.39, 0.29) is 18.6 Å². The van der Waals surface area contributed by atoms with Crippen molar-refractivity contribution in [1.82, 2.24) is 0 Å². The second kappa shape index (κ2) is 7.79. The number of rotatable bonds is 6. The van der Waals surface area contributed by atoms with Crippen LogP contribution in [0.4, 0.5) is 0 Å². The van der Waals surface area contributed by atoms with Crippen molar-refractivity contribution in [3.05, 3.63) is 12.2 Å². The Morgan fingerprint density at radius 3 is 2.55 bits per heavy atom. The fourth-order valence-corrected chi connectivity index (χ4v) is 1.90. The van der Waals surface area contributed by atoms with Crippen molar-refractivity contribution in [2.75, 3.05) is 6.61 Å². The molecule has 112 valence electrons. The van der Waals surface area contributed by atoms with Gasteiger partial charge in [-0.3, -0.25) is 9.59 Å². The second-order valence-electron chi connectivity index (χ2n) is 4.82. The maximum Gasteiger partial charge on any atom is 0.303 e. The Balaban J connectivity index is 2.68. The molecule has 0 saturated carbocycles. The average molecular weight is 284 g/mol. The van der Waals surface area contributed by atoms with Gasteiger partial charge < -0.3 is 19.0 Å². The molecule has 0 spiro atoms. The number of ether oxygens (including phenoxy) is 3. The van der Waals surface area contributed by atoms with Crippen molar-refractivity contribution in [2.45, 2.75) is 45.5 Å². The molecule has 1 rings (SSSR count). The maximum absolute atomic E-state index is 11.0. The van der Waals surface area contributed by atoms with E-state index in [9.17, 15) is 14.4 Å². The molecular weight excluding hydrogens is 264 g/mol. The summed E-state index contributed by atoms with van der Waals surface area (Å²) in [5.41, 5.74) is 0. The summed E-state index contributed by atoms with van der Waals surface area (Å²) >= 11 is 0. The Labute approximate surface area is 118 Å². The monoisotopic (exact) mass is 284 g/mol. The van der Waals surface area contributed by atoms with Gasteiger partial charge in [0.25, 0.3) is 0 Å². The third-order valence-electron chi connectivity index (χ3n) is 2.82. The molecule has 0 aromatic carbocycles. The third kappa shape index (κ3) is 5.52. The van der Waals surface area contributed by atoms with E-state index in [1.165, 1.54) is 13.8 Å². The highest BCUT2D eigenvalue weighted by molar-refractivity contribution is 5.66. The van der Waals surface area contributed by atoms with Crippen LogP contribution in [0.25, 0.3) is 0 Å². The standard InChI is InChI=1S/C14H20O6/c1-9(7-15)6-12-4-5-13(19-11(3)17)14(20-12)8-18-10(2)16/h4-5,7,9,12-14H,6,8H2,1-3H3/t9-,12+,13+,14-/m1/s1. The molecule has 0 unspecified atom stereocenters. The molecule has 1 aliphatic heterocycles. The lowest BCUT2D eigenvalue weighted by atomic mass is 10.0. The van der Waals surface area contributed by atoms with E-state index in [0.29, 0.717) is 6.42 Å². The summed E-state index contributed by atoms with van der Waals surface area (Å²) < 4.78 is 15.7. The van der Waals surface area contributed by atoms with E-state index in [1.807, 2.05) is 0 Å². The zero-order valence-corrected chi connectivity index (χ0v) is 11.9. The van der Waals surface area contributed by atoms with Crippen LogP contribution >= 0.6 is 0 Å². The first-order valence-corrected chi connectivity index (χ1v) is 6.52. The van der Waals surface area contributed by atoms with Gasteiger partial charge >= 0.3 is 11.9 Å². The van der Waals surface area contributed by atoms with Crippen molar-refractivity contribution >= 4 is 18.2 Å². The average Bonchev–Trinajstić information content (AvgIpc) is 2.37. The van der Waals surface area contributed by atoms with E-state index in [4.69, 9.17) is 14.2 Å². The lowest BCUT2D eigenvalue weighted by Gasteiger charge is -2.32. The van der Waals surface area contributed by atoms with Gasteiger partial charge in [0.15, 0.2) is 0 Å². The first-order valence-electron chi connectivity index (χ1n) is 6.52. The quantitative estimate of drug-likeness (QED) is 0.412. The summed E-state index contributed by atoms with van der Waals surface area (Å²) in [6, 6.07) is 0. The summed E-state index contributed by atoms with van der Waals surface area (Å²) in [6.07, 6.45) is 3.45. The van der Waals surface area contributed by atoms with Gasteiger partial charge in [0.1, 0.15) is 25.1 Å². The summed E-state index contributed by atoms with van der Waals surface area (Å²) in [5.74, 6) is -0.998. The minimum absolute atomic E-state index is 0.00356. The lowest BCUT2D eigenvalue weighted by molar-refractivity contribution is -0.163. The van der Waals surface area contributed by atoms with Crippen LogP contribution in [-0.4, -0.2) is 43.1 Å². The Morgan fingerprint density at radius 2 is 2.00 bits per heavy atom. The molecule has 1 aliphatic rings. The van der Waals surface area contributed by atoms with Crippen molar-refractivity contribution in [2.24, 2.45) is 5.92 Å².